The standard InChI is InChI=1S/C29H44FNO3Si/c1-20(2)35(21(3)4,22(5)6)34-27-14-13-24(19-26(27)30)28(32)23(7)31-17-15-29(33,16-18-31)25-11-9-8-10-12-25/h8-14,19-23,28,32-33H,15-18H2,1-7H3. The molecule has 2 atom stereocenters. The maximum absolute atomic E-state index is 15.3. The van der Waals surface area contributed by atoms with Gasteiger partial charge < -0.3 is 14.6 Å². The van der Waals surface area contributed by atoms with E-state index in [0.717, 1.165) is 5.56 Å². The molecule has 0 spiro atoms. The van der Waals surface area contributed by atoms with Gasteiger partial charge in [0.1, 0.15) is 5.75 Å². The minimum absolute atomic E-state index is 0.197. The second kappa shape index (κ2) is 11.1. The highest BCUT2D eigenvalue weighted by molar-refractivity contribution is 6.78. The SMILES string of the molecule is CC(C(O)c1ccc(O[Si](C(C)C)(C(C)C)C(C)C)c(F)c1)N1CCC(O)(c2ccccc2)CC1. The summed E-state index contributed by atoms with van der Waals surface area (Å²) in [6.45, 7) is 16.4. The van der Waals surface area contributed by atoms with Crippen molar-refractivity contribution in [2.45, 2.75) is 95.7 Å². The minimum atomic E-state index is -2.27. The van der Waals surface area contributed by atoms with Crippen molar-refractivity contribution in [2.75, 3.05) is 13.1 Å². The Kier molecular flexibility index (Phi) is 8.85. The van der Waals surface area contributed by atoms with Crippen molar-refractivity contribution in [1.82, 2.24) is 4.90 Å². The lowest BCUT2D eigenvalue weighted by Crippen LogP contribution is -2.50. The highest BCUT2D eigenvalue weighted by Crippen LogP contribution is 2.43. The fourth-order valence-electron chi connectivity index (χ4n) is 6.14. The summed E-state index contributed by atoms with van der Waals surface area (Å²) < 4.78 is 21.8. The van der Waals surface area contributed by atoms with E-state index in [-0.39, 0.29) is 6.04 Å². The van der Waals surface area contributed by atoms with Gasteiger partial charge in [0, 0.05) is 19.1 Å². The smallest absolute Gasteiger partial charge is 0.258 e. The van der Waals surface area contributed by atoms with Crippen LogP contribution in [0, 0.1) is 5.82 Å². The molecule has 1 saturated heterocycles. The number of piperidine rings is 1. The summed E-state index contributed by atoms with van der Waals surface area (Å²) in [5.41, 5.74) is 1.70. The first kappa shape index (κ1) is 27.8. The van der Waals surface area contributed by atoms with Gasteiger partial charge in [-0.2, -0.15) is 0 Å². The van der Waals surface area contributed by atoms with Gasteiger partial charge in [-0.05, 0) is 59.6 Å². The van der Waals surface area contributed by atoms with Gasteiger partial charge in [-0.3, -0.25) is 4.90 Å². The number of rotatable bonds is 9. The molecule has 0 amide bonds. The molecule has 6 heteroatoms. The van der Waals surface area contributed by atoms with E-state index >= 15 is 4.39 Å². The van der Waals surface area contributed by atoms with Gasteiger partial charge >= 0.3 is 0 Å². The normalized spacial score (nSPS) is 18.8. The highest BCUT2D eigenvalue weighted by Gasteiger charge is 2.47. The molecule has 1 aliphatic rings. The van der Waals surface area contributed by atoms with Crippen LogP contribution >= 0.6 is 0 Å². The molecule has 4 nitrogen and oxygen atoms in total. The molecule has 35 heavy (non-hydrogen) atoms. The summed E-state index contributed by atoms with van der Waals surface area (Å²) in [5, 5.41) is 22.2. The molecule has 0 aromatic heterocycles. The van der Waals surface area contributed by atoms with Gasteiger partial charge in [-0.25, -0.2) is 4.39 Å². The Bertz CT molecular complexity index is 936. The summed E-state index contributed by atoms with van der Waals surface area (Å²) in [4.78, 5) is 2.18. The second-order valence-corrected chi connectivity index (χ2v) is 16.6. The van der Waals surface area contributed by atoms with Crippen LogP contribution in [0.15, 0.2) is 48.5 Å². The minimum Gasteiger partial charge on any atom is -0.541 e. The van der Waals surface area contributed by atoms with Crippen LogP contribution < -0.4 is 4.43 Å². The predicted octanol–water partition coefficient (Wildman–Crippen LogP) is 6.79. The van der Waals surface area contributed by atoms with Gasteiger partial charge in [-0.1, -0.05) is 77.9 Å². The Hall–Kier alpha value is -1.73. The number of benzene rings is 2. The summed E-state index contributed by atoms with van der Waals surface area (Å²) in [7, 11) is -2.27. The Morgan fingerprint density at radius 3 is 1.91 bits per heavy atom. The molecule has 1 aliphatic heterocycles. The molecule has 0 radical (unpaired) electrons. The number of hydrogen-bond acceptors (Lipinski definition) is 4. The Morgan fingerprint density at radius 1 is 0.886 bits per heavy atom. The molecule has 2 unspecified atom stereocenters. The largest absolute Gasteiger partial charge is 0.541 e. The zero-order chi connectivity index (χ0) is 26.0. The molecule has 0 aliphatic carbocycles. The molecule has 1 fully saturated rings. The third kappa shape index (κ3) is 5.66. The van der Waals surface area contributed by atoms with Crippen molar-refractivity contribution in [2.24, 2.45) is 0 Å². The van der Waals surface area contributed by atoms with Gasteiger partial charge in [0.2, 0.25) is 0 Å². The molecule has 2 aromatic rings. The van der Waals surface area contributed by atoms with Gasteiger partial charge in [0.25, 0.3) is 8.32 Å². The summed E-state index contributed by atoms with van der Waals surface area (Å²) >= 11 is 0. The summed E-state index contributed by atoms with van der Waals surface area (Å²) in [6, 6.07) is 14.5. The zero-order valence-corrected chi connectivity index (χ0v) is 23.5. The second-order valence-electron chi connectivity index (χ2n) is 11.2. The third-order valence-electron chi connectivity index (χ3n) is 8.26. The average Bonchev–Trinajstić information content (AvgIpc) is 2.82. The van der Waals surface area contributed by atoms with E-state index in [9.17, 15) is 10.2 Å². The number of halogens is 1. The lowest BCUT2D eigenvalue weighted by atomic mass is 9.83. The van der Waals surface area contributed by atoms with Crippen LogP contribution in [-0.2, 0) is 5.60 Å². The molecule has 3 rings (SSSR count). The number of aliphatic hydroxyl groups excluding tert-OH is 1. The van der Waals surface area contributed by atoms with E-state index in [1.165, 1.54) is 6.07 Å². The lowest BCUT2D eigenvalue weighted by Gasteiger charge is -2.42. The molecule has 2 aromatic carbocycles. The number of aliphatic hydroxyl groups is 2. The van der Waals surface area contributed by atoms with E-state index in [0.29, 0.717) is 53.9 Å². The Morgan fingerprint density at radius 2 is 1.43 bits per heavy atom. The molecule has 0 bridgehead atoms. The number of likely N-dealkylation sites (tertiary alicyclic amines) is 1. The predicted molar refractivity (Wildman–Crippen MR) is 144 cm³/mol. The van der Waals surface area contributed by atoms with Gasteiger partial charge in [0.05, 0.1) is 11.7 Å². The van der Waals surface area contributed by atoms with E-state index in [1.807, 2.05) is 37.3 Å². The number of nitrogens with zero attached hydrogens (tertiary/aromatic N) is 1. The summed E-state index contributed by atoms with van der Waals surface area (Å²) in [6.07, 6.45) is 0.368. The zero-order valence-electron chi connectivity index (χ0n) is 22.5. The molecule has 2 N–H and O–H groups in total. The van der Waals surface area contributed by atoms with Crippen molar-refractivity contribution in [3.63, 3.8) is 0 Å². The van der Waals surface area contributed by atoms with Crippen LogP contribution in [0.3, 0.4) is 0 Å². The van der Waals surface area contributed by atoms with Crippen LogP contribution in [0.1, 0.15) is 78.5 Å². The first-order valence-electron chi connectivity index (χ1n) is 13.1. The quantitative estimate of drug-likeness (QED) is 0.372. The van der Waals surface area contributed by atoms with Gasteiger partial charge in [0.15, 0.2) is 5.82 Å². The molecule has 0 saturated carbocycles. The summed E-state index contributed by atoms with van der Waals surface area (Å²) in [5.74, 6) is -0.119. The van der Waals surface area contributed by atoms with E-state index in [1.54, 1.807) is 12.1 Å². The first-order valence-corrected chi connectivity index (χ1v) is 15.2. The Labute approximate surface area is 212 Å². The molecule has 194 valence electrons. The van der Waals surface area contributed by atoms with Crippen LogP contribution in [-0.4, -0.2) is 42.6 Å². The average molecular weight is 502 g/mol. The fraction of sp³-hybridized carbons (Fsp3) is 0.586. The third-order valence-corrected chi connectivity index (χ3v) is 14.2. The van der Waals surface area contributed by atoms with E-state index in [4.69, 9.17) is 4.43 Å². The van der Waals surface area contributed by atoms with Crippen LogP contribution in [0.25, 0.3) is 0 Å². The molecular formula is C29H44FNO3Si. The molecular weight excluding hydrogens is 457 g/mol. The monoisotopic (exact) mass is 501 g/mol. The van der Waals surface area contributed by atoms with Crippen LogP contribution in [0.5, 0.6) is 5.75 Å². The van der Waals surface area contributed by atoms with Crippen molar-refractivity contribution >= 4 is 8.32 Å². The highest BCUT2D eigenvalue weighted by atomic mass is 28.4. The van der Waals surface area contributed by atoms with Crippen molar-refractivity contribution in [3.8, 4) is 5.75 Å². The van der Waals surface area contributed by atoms with E-state index < -0.39 is 25.8 Å². The van der Waals surface area contributed by atoms with Crippen molar-refractivity contribution in [1.29, 1.82) is 0 Å². The van der Waals surface area contributed by atoms with E-state index in [2.05, 4.69) is 46.4 Å². The maximum Gasteiger partial charge on any atom is 0.258 e. The van der Waals surface area contributed by atoms with Crippen LogP contribution in [0.4, 0.5) is 4.39 Å². The van der Waals surface area contributed by atoms with Crippen molar-refractivity contribution < 1.29 is 19.0 Å². The first-order chi connectivity index (χ1) is 16.4. The number of hydrogen-bond donors (Lipinski definition) is 2. The Balaban J connectivity index is 1.71. The van der Waals surface area contributed by atoms with Crippen molar-refractivity contribution in [3.05, 3.63) is 65.5 Å². The fourth-order valence-corrected chi connectivity index (χ4v) is 11.4. The maximum atomic E-state index is 15.3. The molecule has 1 heterocycles. The topological polar surface area (TPSA) is 52.9 Å². The lowest BCUT2D eigenvalue weighted by molar-refractivity contribution is -0.0502. The van der Waals surface area contributed by atoms with Gasteiger partial charge in [-0.15, -0.1) is 0 Å². The van der Waals surface area contributed by atoms with Crippen LogP contribution in [0.2, 0.25) is 16.6 Å².